The minimum Gasteiger partial charge on any atom is -0.508 e. The number of carboxylic acid groups (broad SMARTS) is 1. The zero-order valence-corrected chi connectivity index (χ0v) is 13.3. The van der Waals surface area contributed by atoms with Crippen LogP contribution in [0.2, 0.25) is 0 Å². The largest absolute Gasteiger partial charge is 0.508 e. The first-order valence-electron chi connectivity index (χ1n) is 7.37. The summed E-state index contributed by atoms with van der Waals surface area (Å²) in [5.74, 6) is -3.05. The highest BCUT2D eigenvalue weighted by molar-refractivity contribution is 5.92. The molecule has 0 aromatic heterocycles. The van der Waals surface area contributed by atoms with E-state index in [1.807, 2.05) is 0 Å². The van der Waals surface area contributed by atoms with E-state index in [1.54, 1.807) is 0 Å². The number of amides is 2. The van der Waals surface area contributed by atoms with Crippen molar-refractivity contribution in [3.8, 4) is 5.75 Å². The average Bonchev–Trinajstić information content (AvgIpc) is 2.59. The van der Waals surface area contributed by atoms with Gasteiger partial charge in [0, 0.05) is 6.42 Å². The van der Waals surface area contributed by atoms with E-state index in [4.69, 9.17) is 21.1 Å². The molecule has 10 heteroatoms. The maximum atomic E-state index is 12.3. The monoisotopic (exact) mass is 355 g/mol. The molecule has 2 amide bonds. The van der Waals surface area contributed by atoms with E-state index < -0.39 is 49.1 Å². The topological polar surface area (TPSA) is 182 Å². The molecule has 1 aromatic carbocycles. The number of phenols is 1. The van der Waals surface area contributed by atoms with Crippen molar-refractivity contribution in [3.63, 3.8) is 0 Å². The van der Waals surface area contributed by atoms with Crippen LogP contribution >= 0.6 is 0 Å². The van der Waals surface area contributed by atoms with Crippen LogP contribution in [0.5, 0.6) is 5.75 Å². The number of aliphatic hydroxyl groups excluding tert-OH is 2. The number of phenolic OH excluding ortho intramolecular Hbond substituents is 1. The predicted octanol–water partition coefficient (Wildman–Crippen LogP) is -2.70. The molecular formula is C15H21N3O7. The quantitative estimate of drug-likeness (QED) is 0.250. The number of carbonyl (C=O) groups is 3. The summed E-state index contributed by atoms with van der Waals surface area (Å²) >= 11 is 0. The molecular weight excluding hydrogens is 334 g/mol. The molecule has 0 saturated heterocycles. The maximum Gasteiger partial charge on any atom is 0.328 e. The van der Waals surface area contributed by atoms with Gasteiger partial charge in [0.1, 0.15) is 23.9 Å². The minimum absolute atomic E-state index is 0.0160. The van der Waals surface area contributed by atoms with Crippen molar-refractivity contribution in [1.29, 1.82) is 0 Å². The number of carbonyl (C=O) groups excluding carboxylic acids is 2. The summed E-state index contributed by atoms with van der Waals surface area (Å²) in [7, 11) is 0. The summed E-state index contributed by atoms with van der Waals surface area (Å²) in [5.41, 5.74) is 5.97. The van der Waals surface area contributed by atoms with Gasteiger partial charge in [-0.1, -0.05) is 12.1 Å². The number of hydrogen-bond acceptors (Lipinski definition) is 7. The number of carboxylic acids is 1. The first kappa shape index (κ1) is 20.4. The van der Waals surface area contributed by atoms with Gasteiger partial charge >= 0.3 is 5.97 Å². The number of nitrogens with one attached hydrogen (secondary N) is 2. The molecule has 0 radical (unpaired) electrons. The van der Waals surface area contributed by atoms with E-state index in [1.165, 1.54) is 24.3 Å². The van der Waals surface area contributed by atoms with Crippen molar-refractivity contribution in [1.82, 2.24) is 10.6 Å². The lowest BCUT2D eigenvalue weighted by Crippen LogP contribution is -2.56. The summed E-state index contributed by atoms with van der Waals surface area (Å²) in [6.45, 7) is -1.45. The molecule has 0 unspecified atom stereocenters. The molecule has 0 bridgehead atoms. The number of nitrogens with two attached hydrogens (primary N) is 1. The van der Waals surface area contributed by atoms with Crippen LogP contribution in [0.3, 0.4) is 0 Å². The molecule has 0 aliphatic heterocycles. The van der Waals surface area contributed by atoms with Gasteiger partial charge in [0.05, 0.1) is 13.2 Å². The molecule has 25 heavy (non-hydrogen) atoms. The fraction of sp³-hybridized carbons (Fsp3) is 0.400. The van der Waals surface area contributed by atoms with Crippen molar-refractivity contribution in [2.75, 3.05) is 13.2 Å². The summed E-state index contributed by atoms with van der Waals surface area (Å²) in [6.07, 6.45) is -0.0201. The van der Waals surface area contributed by atoms with Crippen LogP contribution in [0.25, 0.3) is 0 Å². The van der Waals surface area contributed by atoms with E-state index in [2.05, 4.69) is 10.6 Å². The zero-order chi connectivity index (χ0) is 19.0. The number of aliphatic carboxylic acids is 1. The van der Waals surface area contributed by atoms with E-state index in [0.717, 1.165) is 0 Å². The maximum absolute atomic E-state index is 12.3. The molecule has 0 fully saturated rings. The lowest BCUT2D eigenvalue weighted by Gasteiger charge is -2.22. The number of benzene rings is 1. The molecule has 0 spiro atoms. The van der Waals surface area contributed by atoms with Crippen LogP contribution < -0.4 is 16.4 Å². The van der Waals surface area contributed by atoms with Gasteiger partial charge < -0.3 is 36.8 Å². The molecule has 0 aliphatic carbocycles. The van der Waals surface area contributed by atoms with Crippen LogP contribution in [0, 0.1) is 0 Å². The minimum atomic E-state index is -1.53. The van der Waals surface area contributed by atoms with Gasteiger partial charge in [-0.15, -0.1) is 0 Å². The standard InChI is InChI=1S/C15H21N3O7/c16-10(6-19)13(22)17-11(5-8-1-3-9(21)4-2-8)14(23)18-12(7-20)15(24)25/h1-4,10-12,19-21H,5-7,16H2,(H,17,22)(H,18,23)(H,24,25)/t10-,11-,12-/m0/s1. The fourth-order valence-corrected chi connectivity index (χ4v) is 1.90. The van der Waals surface area contributed by atoms with Crippen LogP contribution in [-0.4, -0.2) is 69.5 Å². The van der Waals surface area contributed by atoms with E-state index in [-0.39, 0.29) is 12.2 Å². The second-order valence-corrected chi connectivity index (χ2v) is 5.30. The van der Waals surface area contributed by atoms with Crippen molar-refractivity contribution >= 4 is 17.8 Å². The van der Waals surface area contributed by atoms with Gasteiger partial charge in [-0.05, 0) is 17.7 Å². The van der Waals surface area contributed by atoms with Gasteiger partial charge in [-0.25, -0.2) is 4.79 Å². The number of rotatable bonds is 9. The SMILES string of the molecule is N[C@@H](CO)C(=O)N[C@@H](Cc1ccc(O)cc1)C(=O)N[C@@H](CO)C(=O)O. The molecule has 0 aliphatic rings. The first-order valence-corrected chi connectivity index (χ1v) is 7.37. The Morgan fingerprint density at radius 1 is 0.960 bits per heavy atom. The van der Waals surface area contributed by atoms with Crippen molar-refractivity contribution < 1.29 is 34.8 Å². The Morgan fingerprint density at radius 2 is 1.52 bits per heavy atom. The summed E-state index contributed by atoms with van der Waals surface area (Å²) in [5, 5.41) is 40.5. The Labute approximate surface area is 143 Å². The zero-order valence-electron chi connectivity index (χ0n) is 13.3. The molecule has 0 saturated carbocycles. The second-order valence-electron chi connectivity index (χ2n) is 5.30. The van der Waals surface area contributed by atoms with Gasteiger partial charge in [0.25, 0.3) is 0 Å². The summed E-state index contributed by atoms with van der Waals surface area (Å²) in [6, 6.07) is 1.85. The molecule has 3 atom stereocenters. The van der Waals surface area contributed by atoms with Crippen molar-refractivity contribution in [2.24, 2.45) is 5.73 Å². The molecule has 138 valence electrons. The predicted molar refractivity (Wildman–Crippen MR) is 85.5 cm³/mol. The first-order chi connectivity index (χ1) is 11.8. The molecule has 0 heterocycles. The van der Waals surface area contributed by atoms with Gasteiger partial charge in [0.15, 0.2) is 0 Å². The Kier molecular flexibility index (Phi) is 7.79. The number of aromatic hydroxyl groups is 1. The third-order valence-corrected chi connectivity index (χ3v) is 3.34. The Bertz CT molecular complexity index is 606. The normalized spacial score (nSPS) is 14.2. The number of hydrogen-bond donors (Lipinski definition) is 7. The van der Waals surface area contributed by atoms with Crippen molar-refractivity contribution in [3.05, 3.63) is 29.8 Å². The smallest absolute Gasteiger partial charge is 0.328 e. The Balaban J connectivity index is 2.92. The van der Waals surface area contributed by atoms with Crippen LogP contribution in [0.15, 0.2) is 24.3 Å². The van der Waals surface area contributed by atoms with Crippen LogP contribution in [0.4, 0.5) is 0 Å². The van der Waals surface area contributed by atoms with Crippen LogP contribution in [-0.2, 0) is 20.8 Å². The van der Waals surface area contributed by atoms with Crippen LogP contribution in [0.1, 0.15) is 5.56 Å². The summed E-state index contributed by atoms with van der Waals surface area (Å²) in [4.78, 5) is 35.0. The van der Waals surface area contributed by atoms with Crippen molar-refractivity contribution in [2.45, 2.75) is 24.5 Å². The Hall–Kier alpha value is -2.69. The highest BCUT2D eigenvalue weighted by Crippen LogP contribution is 2.11. The van der Waals surface area contributed by atoms with E-state index in [0.29, 0.717) is 5.56 Å². The average molecular weight is 355 g/mol. The second kappa shape index (κ2) is 9.57. The molecule has 1 aromatic rings. The van der Waals surface area contributed by atoms with Gasteiger partial charge in [-0.2, -0.15) is 0 Å². The molecule has 10 nitrogen and oxygen atoms in total. The third-order valence-electron chi connectivity index (χ3n) is 3.34. The van der Waals surface area contributed by atoms with Gasteiger partial charge in [-0.3, -0.25) is 9.59 Å². The van der Waals surface area contributed by atoms with Gasteiger partial charge in [0.2, 0.25) is 11.8 Å². The fourth-order valence-electron chi connectivity index (χ4n) is 1.90. The van der Waals surface area contributed by atoms with E-state index >= 15 is 0 Å². The number of aliphatic hydroxyl groups is 2. The Morgan fingerprint density at radius 3 is 2.00 bits per heavy atom. The lowest BCUT2D eigenvalue weighted by atomic mass is 10.0. The highest BCUT2D eigenvalue weighted by atomic mass is 16.4. The lowest BCUT2D eigenvalue weighted by molar-refractivity contribution is -0.143. The highest BCUT2D eigenvalue weighted by Gasteiger charge is 2.27. The molecule has 8 N–H and O–H groups in total. The molecule has 1 rings (SSSR count). The third kappa shape index (κ3) is 6.37. The summed E-state index contributed by atoms with van der Waals surface area (Å²) < 4.78 is 0. The van der Waals surface area contributed by atoms with E-state index in [9.17, 15) is 19.5 Å².